The number of hydrogen-bond acceptors (Lipinski definition) is 4. The van der Waals surface area contributed by atoms with Crippen molar-refractivity contribution < 1.29 is 4.79 Å². The molecule has 4 nitrogen and oxygen atoms in total. The normalized spacial score (nSPS) is 10.5. The van der Waals surface area contributed by atoms with Crippen LogP contribution < -0.4 is 5.32 Å². The molecule has 0 radical (unpaired) electrons. The molecule has 0 aliphatic heterocycles. The van der Waals surface area contributed by atoms with E-state index >= 15 is 0 Å². The van der Waals surface area contributed by atoms with Crippen LogP contribution in [-0.2, 0) is 11.2 Å². The molecule has 2 rings (SSSR count). The van der Waals surface area contributed by atoms with Gasteiger partial charge in [-0.15, -0.1) is 10.2 Å². The zero-order chi connectivity index (χ0) is 13.8. The predicted molar refractivity (Wildman–Crippen MR) is 77.8 cm³/mol. The number of aromatic nitrogens is 2. The molecule has 2 aromatic rings. The van der Waals surface area contributed by atoms with Gasteiger partial charge in [0.25, 0.3) is 0 Å². The fourth-order valence-corrected chi connectivity index (χ4v) is 2.39. The van der Waals surface area contributed by atoms with Crippen LogP contribution in [0, 0.1) is 13.8 Å². The van der Waals surface area contributed by atoms with Gasteiger partial charge in [-0.25, -0.2) is 0 Å². The molecule has 0 saturated carbocycles. The summed E-state index contributed by atoms with van der Waals surface area (Å²) in [5.74, 6) is -0.0622. The van der Waals surface area contributed by atoms with Crippen LogP contribution >= 0.6 is 22.9 Å². The lowest BCUT2D eigenvalue weighted by molar-refractivity contribution is -0.116. The minimum Gasteiger partial charge on any atom is -0.301 e. The largest absolute Gasteiger partial charge is 0.301 e. The number of halogens is 1. The van der Waals surface area contributed by atoms with Gasteiger partial charge in [-0.3, -0.25) is 4.79 Å². The first-order chi connectivity index (χ1) is 9.04. The number of carbonyl (C=O) groups excluding carboxylic acids is 1. The molecule has 0 spiro atoms. The van der Waals surface area contributed by atoms with Crippen molar-refractivity contribution in [2.24, 2.45) is 0 Å². The second-order valence-corrected chi connectivity index (χ2v) is 5.85. The SMILES string of the molecule is Cc1nnc(NC(=O)CCc2ccc(C)c(Cl)c2)s1. The first kappa shape index (κ1) is 14.0. The Hall–Kier alpha value is -1.46. The number of rotatable bonds is 4. The molecule has 1 aromatic heterocycles. The number of anilines is 1. The highest BCUT2D eigenvalue weighted by atomic mass is 35.5. The lowest BCUT2D eigenvalue weighted by Gasteiger charge is -2.04. The summed E-state index contributed by atoms with van der Waals surface area (Å²) in [6, 6.07) is 5.85. The summed E-state index contributed by atoms with van der Waals surface area (Å²) in [7, 11) is 0. The van der Waals surface area contributed by atoms with E-state index in [1.807, 2.05) is 32.0 Å². The minimum atomic E-state index is -0.0622. The topological polar surface area (TPSA) is 54.9 Å². The second kappa shape index (κ2) is 6.12. The second-order valence-electron chi connectivity index (χ2n) is 4.26. The Labute approximate surface area is 120 Å². The van der Waals surface area contributed by atoms with Crippen molar-refractivity contribution in [2.75, 3.05) is 5.32 Å². The Bertz CT molecular complexity index is 597. The van der Waals surface area contributed by atoms with Crippen LogP contribution in [0.4, 0.5) is 5.13 Å². The van der Waals surface area contributed by atoms with Crippen LogP contribution in [0.25, 0.3) is 0 Å². The summed E-state index contributed by atoms with van der Waals surface area (Å²) >= 11 is 7.41. The number of amides is 1. The molecule has 0 bridgehead atoms. The van der Waals surface area contributed by atoms with E-state index in [9.17, 15) is 4.79 Å². The summed E-state index contributed by atoms with van der Waals surface area (Å²) in [6.07, 6.45) is 1.06. The molecule has 1 amide bonds. The van der Waals surface area contributed by atoms with Crippen molar-refractivity contribution in [2.45, 2.75) is 26.7 Å². The van der Waals surface area contributed by atoms with Crippen molar-refractivity contribution in [1.82, 2.24) is 10.2 Å². The van der Waals surface area contributed by atoms with Crippen molar-refractivity contribution >= 4 is 34.0 Å². The summed E-state index contributed by atoms with van der Waals surface area (Å²) in [4.78, 5) is 11.7. The van der Waals surface area contributed by atoms with Crippen LogP contribution in [0.15, 0.2) is 18.2 Å². The number of hydrogen-bond donors (Lipinski definition) is 1. The van der Waals surface area contributed by atoms with Crippen LogP contribution in [0.2, 0.25) is 5.02 Å². The van der Waals surface area contributed by atoms with Gasteiger partial charge < -0.3 is 5.32 Å². The van der Waals surface area contributed by atoms with E-state index in [2.05, 4.69) is 15.5 Å². The van der Waals surface area contributed by atoms with Gasteiger partial charge in [0, 0.05) is 11.4 Å². The molecule has 1 N–H and O–H groups in total. The molecule has 0 aliphatic carbocycles. The van der Waals surface area contributed by atoms with Gasteiger partial charge in [-0.1, -0.05) is 35.1 Å². The number of nitrogens with one attached hydrogen (secondary N) is 1. The lowest BCUT2D eigenvalue weighted by Crippen LogP contribution is -2.12. The molecular weight excluding hydrogens is 282 g/mol. The van der Waals surface area contributed by atoms with Gasteiger partial charge in [-0.2, -0.15) is 0 Å². The molecule has 19 heavy (non-hydrogen) atoms. The first-order valence-corrected chi connectivity index (χ1v) is 7.09. The predicted octanol–water partition coefficient (Wildman–Crippen LogP) is 3.38. The maximum absolute atomic E-state index is 11.7. The van der Waals surface area contributed by atoms with Crippen LogP contribution in [0.5, 0.6) is 0 Å². The Balaban J connectivity index is 1.88. The average Bonchev–Trinajstić information content (AvgIpc) is 2.76. The Morgan fingerprint density at radius 1 is 1.37 bits per heavy atom. The van der Waals surface area contributed by atoms with E-state index < -0.39 is 0 Å². The van der Waals surface area contributed by atoms with Crippen LogP contribution in [0.3, 0.4) is 0 Å². The summed E-state index contributed by atoms with van der Waals surface area (Å²) in [5.41, 5.74) is 2.10. The Kier molecular flexibility index (Phi) is 4.50. The van der Waals surface area contributed by atoms with E-state index in [0.717, 1.165) is 21.2 Å². The highest BCUT2D eigenvalue weighted by Crippen LogP contribution is 2.18. The third-order valence-corrected chi connectivity index (χ3v) is 3.81. The molecule has 1 aromatic carbocycles. The zero-order valence-electron chi connectivity index (χ0n) is 10.7. The fraction of sp³-hybridized carbons (Fsp3) is 0.308. The molecule has 0 saturated heterocycles. The molecule has 0 fully saturated rings. The lowest BCUT2D eigenvalue weighted by atomic mass is 10.1. The summed E-state index contributed by atoms with van der Waals surface area (Å²) < 4.78 is 0. The number of nitrogens with zero attached hydrogens (tertiary/aromatic N) is 2. The van der Waals surface area contributed by atoms with Gasteiger partial charge in [0.05, 0.1) is 0 Å². The van der Waals surface area contributed by atoms with Gasteiger partial charge in [-0.05, 0) is 37.5 Å². The number of benzene rings is 1. The zero-order valence-corrected chi connectivity index (χ0v) is 12.3. The molecule has 0 atom stereocenters. The van der Waals surface area contributed by atoms with Crippen molar-refractivity contribution in [3.63, 3.8) is 0 Å². The van der Waals surface area contributed by atoms with Crippen LogP contribution in [-0.4, -0.2) is 16.1 Å². The molecule has 6 heteroatoms. The van der Waals surface area contributed by atoms with Gasteiger partial charge >= 0.3 is 0 Å². The highest BCUT2D eigenvalue weighted by Gasteiger charge is 2.07. The first-order valence-electron chi connectivity index (χ1n) is 5.89. The van der Waals surface area contributed by atoms with Gasteiger partial charge in [0.15, 0.2) is 0 Å². The third kappa shape index (κ3) is 4.01. The Morgan fingerprint density at radius 3 is 2.79 bits per heavy atom. The molecular formula is C13H14ClN3OS. The number of aryl methyl sites for hydroxylation is 3. The average molecular weight is 296 g/mol. The van der Waals surface area contributed by atoms with Crippen molar-refractivity contribution in [3.05, 3.63) is 39.4 Å². The fourth-order valence-electron chi connectivity index (χ4n) is 1.58. The minimum absolute atomic E-state index is 0.0622. The third-order valence-electron chi connectivity index (χ3n) is 2.65. The summed E-state index contributed by atoms with van der Waals surface area (Å²) in [5, 5.41) is 12.5. The number of carbonyl (C=O) groups is 1. The van der Waals surface area contributed by atoms with E-state index in [-0.39, 0.29) is 5.91 Å². The molecule has 0 unspecified atom stereocenters. The van der Waals surface area contributed by atoms with Crippen molar-refractivity contribution in [1.29, 1.82) is 0 Å². The van der Waals surface area contributed by atoms with E-state index in [1.165, 1.54) is 11.3 Å². The highest BCUT2D eigenvalue weighted by molar-refractivity contribution is 7.15. The quantitative estimate of drug-likeness (QED) is 0.941. The Morgan fingerprint density at radius 2 is 2.16 bits per heavy atom. The molecule has 0 aliphatic rings. The van der Waals surface area contributed by atoms with E-state index in [4.69, 9.17) is 11.6 Å². The van der Waals surface area contributed by atoms with Crippen molar-refractivity contribution in [3.8, 4) is 0 Å². The van der Waals surface area contributed by atoms with Crippen LogP contribution in [0.1, 0.15) is 22.6 Å². The van der Waals surface area contributed by atoms with E-state index in [0.29, 0.717) is 18.0 Å². The van der Waals surface area contributed by atoms with Gasteiger partial charge in [0.2, 0.25) is 11.0 Å². The smallest absolute Gasteiger partial charge is 0.226 e. The molecule has 100 valence electrons. The molecule has 1 heterocycles. The monoisotopic (exact) mass is 295 g/mol. The summed E-state index contributed by atoms with van der Waals surface area (Å²) in [6.45, 7) is 3.80. The van der Waals surface area contributed by atoms with Gasteiger partial charge in [0.1, 0.15) is 5.01 Å². The maximum atomic E-state index is 11.7. The maximum Gasteiger partial charge on any atom is 0.226 e. The standard InChI is InChI=1S/C13H14ClN3OS/c1-8-3-4-10(7-11(8)14)5-6-12(18)15-13-17-16-9(2)19-13/h3-4,7H,5-6H2,1-2H3,(H,15,17,18). The van der Waals surface area contributed by atoms with E-state index in [1.54, 1.807) is 0 Å².